The number of rotatable bonds is 5. The second kappa shape index (κ2) is 8.60. The Balaban J connectivity index is 1.65. The largest absolute Gasteiger partial charge is 0.469 e. The van der Waals surface area contributed by atoms with E-state index in [0.29, 0.717) is 27.9 Å². The van der Waals surface area contributed by atoms with E-state index in [9.17, 15) is 4.79 Å². The number of aryl methyl sites for hydroxylation is 1. The quantitative estimate of drug-likeness (QED) is 0.223. The molecule has 0 amide bonds. The summed E-state index contributed by atoms with van der Waals surface area (Å²) in [6, 6.07) is 7.33. The van der Waals surface area contributed by atoms with Crippen LogP contribution in [0.2, 0.25) is 0 Å². The van der Waals surface area contributed by atoms with Gasteiger partial charge >= 0.3 is 0 Å². The van der Waals surface area contributed by atoms with Crippen LogP contribution in [0.5, 0.6) is 5.88 Å². The van der Waals surface area contributed by atoms with E-state index in [-0.39, 0.29) is 12.4 Å². The van der Waals surface area contributed by atoms with E-state index in [0.717, 1.165) is 34.0 Å². The fraction of sp³-hybridized carbons (Fsp3) is 0.435. The number of ketones is 1. The number of thioether (sulfide) groups is 1. The second-order valence-corrected chi connectivity index (χ2v) is 11.5. The average Bonchev–Trinajstić information content (AvgIpc) is 3.09. The molecule has 0 N–H and O–H groups in total. The molecule has 0 saturated heterocycles. The summed E-state index contributed by atoms with van der Waals surface area (Å²) in [5.41, 5.74) is 2.24. The summed E-state index contributed by atoms with van der Waals surface area (Å²) in [5, 5.41) is 1.68. The number of Topliss-reactive ketones (excluding diaryl/α,β-unsaturated/α-hetero) is 1. The first-order valence-corrected chi connectivity index (χ1v) is 12.9. The van der Waals surface area contributed by atoms with E-state index in [1.807, 2.05) is 18.4 Å². The number of ether oxygens (including phenoxy) is 1. The SMILES string of the molecule is CSc1nc(OCC(=O)c2ccc(Br)cc2)c2c3c(sc2n1)C[C@H](C(C)(C)C)CC3. The Morgan fingerprint density at radius 1 is 1.27 bits per heavy atom. The molecule has 0 unspecified atom stereocenters. The number of benzene rings is 1. The van der Waals surface area contributed by atoms with Crippen LogP contribution in [0.1, 0.15) is 48.0 Å². The first-order chi connectivity index (χ1) is 14.3. The third-order valence-corrected chi connectivity index (χ3v) is 7.99. The molecule has 1 aliphatic carbocycles. The summed E-state index contributed by atoms with van der Waals surface area (Å²) in [7, 11) is 0. The Kier molecular flexibility index (Phi) is 6.24. The Morgan fingerprint density at radius 2 is 2.00 bits per heavy atom. The van der Waals surface area contributed by atoms with Crippen molar-refractivity contribution >= 4 is 55.0 Å². The molecular formula is C23H25BrN2O2S2. The van der Waals surface area contributed by atoms with Crippen LogP contribution in [0.25, 0.3) is 10.2 Å². The zero-order valence-corrected chi connectivity index (χ0v) is 20.8. The molecule has 4 nitrogen and oxygen atoms in total. The van der Waals surface area contributed by atoms with E-state index in [4.69, 9.17) is 9.72 Å². The van der Waals surface area contributed by atoms with Gasteiger partial charge in [0.15, 0.2) is 17.5 Å². The summed E-state index contributed by atoms with van der Waals surface area (Å²) in [4.78, 5) is 24.3. The maximum absolute atomic E-state index is 12.6. The number of halogens is 1. The van der Waals surface area contributed by atoms with E-state index >= 15 is 0 Å². The molecule has 30 heavy (non-hydrogen) atoms. The molecule has 4 rings (SSSR count). The van der Waals surface area contributed by atoms with Gasteiger partial charge in [0.2, 0.25) is 5.88 Å². The summed E-state index contributed by atoms with van der Waals surface area (Å²) in [5.74, 6) is 1.15. The molecule has 3 aromatic rings. The molecule has 0 aliphatic heterocycles. The van der Waals surface area contributed by atoms with Crippen LogP contribution in [0, 0.1) is 11.3 Å². The lowest BCUT2D eigenvalue weighted by Gasteiger charge is -2.33. The summed E-state index contributed by atoms with van der Waals surface area (Å²) < 4.78 is 6.95. The van der Waals surface area contributed by atoms with Gasteiger partial charge in [0.25, 0.3) is 0 Å². The van der Waals surface area contributed by atoms with Crippen LogP contribution in [0.3, 0.4) is 0 Å². The molecule has 1 aromatic carbocycles. The van der Waals surface area contributed by atoms with E-state index in [1.54, 1.807) is 23.5 Å². The zero-order valence-electron chi connectivity index (χ0n) is 17.6. The average molecular weight is 506 g/mol. The van der Waals surface area contributed by atoms with Crippen molar-refractivity contribution in [3.8, 4) is 5.88 Å². The van der Waals surface area contributed by atoms with E-state index in [1.165, 1.54) is 22.2 Å². The van der Waals surface area contributed by atoms with Crippen LogP contribution in [-0.2, 0) is 12.8 Å². The number of hydrogen-bond donors (Lipinski definition) is 0. The van der Waals surface area contributed by atoms with Gasteiger partial charge in [0.05, 0.1) is 5.39 Å². The van der Waals surface area contributed by atoms with Crippen LogP contribution >= 0.6 is 39.0 Å². The molecule has 158 valence electrons. The third-order valence-electron chi connectivity index (χ3n) is 5.77. The minimum Gasteiger partial charge on any atom is -0.469 e. The molecule has 0 radical (unpaired) electrons. The molecule has 2 heterocycles. The van der Waals surface area contributed by atoms with E-state index in [2.05, 4.69) is 41.7 Å². The summed E-state index contributed by atoms with van der Waals surface area (Å²) in [6.07, 6.45) is 5.20. The van der Waals surface area contributed by atoms with Crippen molar-refractivity contribution in [1.29, 1.82) is 0 Å². The maximum Gasteiger partial charge on any atom is 0.227 e. The van der Waals surface area contributed by atoms with Crippen molar-refractivity contribution in [3.05, 3.63) is 44.7 Å². The van der Waals surface area contributed by atoms with Gasteiger partial charge < -0.3 is 4.74 Å². The van der Waals surface area contributed by atoms with Crippen LogP contribution < -0.4 is 4.74 Å². The molecule has 0 saturated carbocycles. The Labute approximate surface area is 194 Å². The molecule has 1 aliphatic rings. The molecule has 0 fully saturated rings. The van der Waals surface area contributed by atoms with Crippen molar-refractivity contribution in [2.75, 3.05) is 12.9 Å². The molecule has 0 spiro atoms. The van der Waals surface area contributed by atoms with Crippen LogP contribution in [0.15, 0.2) is 33.9 Å². The predicted octanol–water partition coefficient (Wildman–Crippen LogP) is 6.59. The zero-order chi connectivity index (χ0) is 21.5. The highest BCUT2D eigenvalue weighted by Gasteiger charge is 2.32. The standard InChI is InChI=1S/C23H25BrN2O2S2/c1-23(2,3)14-7-10-16-18(11-14)30-21-19(16)20(25-22(26-21)29-4)28-12-17(27)13-5-8-15(24)9-6-13/h5-6,8-9,14H,7,10-12H2,1-4H3/t14-/m1/s1. The second-order valence-electron chi connectivity index (χ2n) is 8.72. The first-order valence-electron chi connectivity index (χ1n) is 10.0. The minimum atomic E-state index is -0.0585. The fourth-order valence-electron chi connectivity index (χ4n) is 3.91. The predicted molar refractivity (Wildman–Crippen MR) is 128 cm³/mol. The van der Waals surface area contributed by atoms with Gasteiger partial charge in [-0.1, -0.05) is 60.6 Å². The highest BCUT2D eigenvalue weighted by atomic mass is 79.9. The lowest BCUT2D eigenvalue weighted by Crippen LogP contribution is -2.26. The monoisotopic (exact) mass is 504 g/mol. The number of nitrogens with zero attached hydrogens (tertiary/aromatic N) is 2. The van der Waals surface area contributed by atoms with Crippen molar-refractivity contribution in [3.63, 3.8) is 0 Å². The summed E-state index contributed by atoms with van der Waals surface area (Å²) >= 11 is 6.66. The van der Waals surface area contributed by atoms with Crippen molar-refractivity contribution in [2.45, 2.75) is 45.2 Å². The Morgan fingerprint density at radius 3 is 2.67 bits per heavy atom. The van der Waals surface area contributed by atoms with Gasteiger partial charge in [-0.3, -0.25) is 4.79 Å². The number of thiophene rings is 1. The van der Waals surface area contributed by atoms with Crippen LogP contribution in [-0.4, -0.2) is 28.6 Å². The van der Waals surface area contributed by atoms with Crippen molar-refractivity contribution in [2.24, 2.45) is 11.3 Å². The number of fused-ring (bicyclic) bond motifs is 3. The lowest BCUT2D eigenvalue weighted by atomic mass is 9.72. The van der Waals surface area contributed by atoms with Crippen LogP contribution in [0.4, 0.5) is 0 Å². The van der Waals surface area contributed by atoms with Gasteiger partial charge in [0, 0.05) is 14.9 Å². The molecule has 7 heteroatoms. The fourth-order valence-corrected chi connectivity index (χ4v) is 5.88. The highest BCUT2D eigenvalue weighted by Crippen LogP contribution is 2.45. The lowest BCUT2D eigenvalue weighted by molar-refractivity contribution is 0.0918. The number of aromatic nitrogens is 2. The number of carbonyl (C=O) groups excluding carboxylic acids is 1. The van der Waals surface area contributed by atoms with Gasteiger partial charge in [0.1, 0.15) is 4.83 Å². The Bertz CT molecular complexity index is 1090. The molecule has 1 atom stereocenters. The molecule has 0 bridgehead atoms. The summed E-state index contributed by atoms with van der Waals surface area (Å²) in [6.45, 7) is 6.94. The topological polar surface area (TPSA) is 52.1 Å². The van der Waals surface area contributed by atoms with Gasteiger partial charge in [-0.25, -0.2) is 4.98 Å². The van der Waals surface area contributed by atoms with E-state index < -0.39 is 0 Å². The molecule has 2 aromatic heterocycles. The minimum absolute atomic E-state index is 0.0309. The first kappa shape index (κ1) is 21.8. The number of hydrogen-bond acceptors (Lipinski definition) is 6. The third kappa shape index (κ3) is 4.43. The number of carbonyl (C=O) groups is 1. The highest BCUT2D eigenvalue weighted by molar-refractivity contribution is 9.10. The van der Waals surface area contributed by atoms with Gasteiger partial charge in [-0.05, 0) is 54.5 Å². The van der Waals surface area contributed by atoms with Gasteiger partial charge in [-0.15, -0.1) is 11.3 Å². The smallest absolute Gasteiger partial charge is 0.227 e. The van der Waals surface area contributed by atoms with Crippen molar-refractivity contribution < 1.29 is 9.53 Å². The van der Waals surface area contributed by atoms with Gasteiger partial charge in [-0.2, -0.15) is 4.98 Å². The maximum atomic E-state index is 12.6. The normalized spacial score (nSPS) is 16.5. The Hall–Kier alpha value is -1.44. The molecular weight excluding hydrogens is 480 g/mol. The van der Waals surface area contributed by atoms with Crippen molar-refractivity contribution in [1.82, 2.24) is 9.97 Å².